The number of hydrogen-bond donors (Lipinski definition) is 2. The number of aryl methyl sites for hydroxylation is 1. The number of piperidine rings is 1. The van der Waals surface area contributed by atoms with Crippen LogP contribution >= 0.6 is 0 Å². The third-order valence-corrected chi connectivity index (χ3v) is 3.17. The summed E-state index contributed by atoms with van der Waals surface area (Å²) >= 11 is 0. The molecule has 96 valence electrons. The summed E-state index contributed by atoms with van der Waals surface area (Å²) in [7, 11) is 1.95. The third kappa shape index (κ3) is 4.09. The second-order valence-electron chi connectivity index (χ2n) is 4.66. The van der Waals surface area contributed by atoms with Crippen LogP contribution in [-0.4, -0.2) is 36.3 Å². The Balaban J connectivity index is 1.76. The van der Waals surface area contributed by atoms with Crippen molar-refractivity contribution < 1.29 is 4.52 Å². The van der Waals surface area contributed by atoms with Crippen LogP contribution < -0.4 is 10.6 Å². The van der Waals surface area contributed by atoms with Gasteiger partial charge in [-0.2, -0.15) is 4.98 Å². The minimum atomic E-state index is 0.534. The van der Waals surface area contributed by atoms with Crippen LogP contribution in [0.15, 0.2) is 4.52 Å². The van der Waals surface area contributed by atoms with Crippen LogP contribution in [0.5, 0.6) is 0 Å². The highest BCUT2D eigenvalue weighted by Crippen LogP contribution is 2.11. The minimum absolute atomic E-state index is 0.534. The van der Waals surface area contributed by atoms with E-state index in [0.717, 1.165) is 44.1 Å². The van der Waals surface area contributed by atoms with Gasteiger partial charge in [-0.3, -0.25) is 0 Å². The molecule has 1 aromatic rings. The first-order valence-corrected chi connectivity index (χ1v) is 6.58. The molecule has 1 aromatic heterocycles. The molecule has 0 aromatic carbocycles. The van der Waals surface area contributed by atoms with E-state index in [1.165, 1.54) is 19.3 Å². The average Bonchev–Trinajstić information content (AvgIpc) is 2.79. The summed E-state index contributed by atoms with van der Waals surface area (Å²) in [6, 6.07) is 0.534. The van der Waals surface area contributed by atoms with E-state index < -0.39 is 0 Å². The third-order valence-electron chi connectivity index (χ3n) is 3.17. The molecule has 5 heteroatoms. The largest absolute Gasteiger partial charge is 0.339 e. The fourth-order valence-corrected chi connectivity index (χ4v) is 2.21. The molecule has 0 spiro atoms. The number of nitrogens with zero attached hydrogens (tertiary/aromatic N) is 2. The molecule has 0 aliphatic carbocycles. The molecule has 1 unspecified atom stereocenters. The molecule has 0 amide bonds. The van der Waals surface area contributed by atoms with Gasteiger partial charge in [0.2, 0.25) is 5.89 Å². The van der Waals surface area contributed by atoms with Gasteiger partial charge in [0, 0.05) is 18.9 Å². The molecule has 1 aliphatic rings. The van der Waals surface area contributed by atoms with Crippen LogP contribution in [0.4, 0.5) is 0 Å². The maximum atomic E-state index is 5.24. The van der Waals surface area contributed by atoms with Crippen LogP contribution in [0.1, 0.15) is 37.4 Å². The van der Waals surface area contributed by atoms with E-state index in [1.807, 2.05) is 7.05 Å². The monoisotopic (exact) mass is 238 g/mol. The zero-order chi connectivity index (χ0) is 11.9. The molecule has 2 rings (SSSR count). The van der Waals surface area contributed by atoms with Crippen LogP contribution in [0.2, 0.25) is 0 Å². The maximum Gasteiger partial charge on any atom is 0.226 e. The number of hydrogen-bond acceptors (Lipinski definition) is 5. The molecule has 0 radical (unpaired) electrons. The SMILES string of the molecule is CNCCCc1nc(CC2CCCCN2)no1. The smallest absolute Gasteiger partial charge is 0.226 e. The van der Waals surface area contributed by atoms with Gasteiger partial charge in [-0.15, -0.1) is 0 Å². The number of rotatable bonds is 6. The standard InChI is InChI=1S/C12H22N4O/c1-13-7-4-6-12-15-11(16-17-12)9-10-5-2-3-8-14-10/h10,13-14H,2-9H2,1H3. The molecular weight excluding hydrogens is 216 g/mol. The van der Waals surface area contributed by atoms with Crippen LogP contribution in [0.3, 0.4) is 0 Å². The molecular formula is C12H22N4O. The Morgan fingerprint density at radius 2 is 2.41 bits per heavy atom. The molecule has 0 saturated carbocycles. The van der Waals surface area contributed by atoms with Crippen LogP contribution in [0, 0.1) is 0 Å². The van der Waals surface area contributed by atoms with Crippen molar-refractivity contribution in [2.45, 2.75) is 44.6 Å². The van der Waals surface area contributed by atoms with Gasteiger partial charge < -0.3 is 15.2 Å². The van der Waals surface area contributed by atoms with Crippen molar-refractivity contribution >= 4 is 0 Å². The first-order valence-electron chi connectivity index (χ1n) is 6.58. The van der Waals surface area contributed by atoms with E-state index in [9.17, 15) is 0 Å². The summed E-state index contributed by atoms with van der Waals surface area (Å²) < 4.78 is 5.24. The zero-order valence-corrected chi connectivity index (χ0v) is 10.5. The fourth-order valence-electron chi connectivity index (χ4n) is 2.21. The number of aromatic nitrogens is 2. The maximum absolute atomic E-state index is 5.24. The van der Waals surface area contributed by atoms with Crippen molar-refractivity contribution in [3.8, 4) is 0 Å². The number of nitrogens with one attached hydrogen (secondary N) is 2. The highest BCUT2D eigenvalue weighted by Gasteiger charge is 2.16. The first-order chi connectivity index (χ1) is 8.38. The Labute approximate surface area is 102 Å². The van der Waals surface area contributed by atoms with Gasteiger partial charge >= 0.3 is 0 Å². The summed E-state index contributed by atoms with van der Waals surface area (Å²) in [5.41, 5.74) is 0. The highest BCUT2D eigenvalue weighted by atomic mass is 16.5. The van der Waals surface area contributed by atoms with Gasteiger partial charge in [0.1, 0.15) is 0 Å². The lowest BCUT2D eigenvalue weighted by Crippen LogP contribution is -2.35. The van der Waals surface area contributed by atoms with E-state index in [4.69, 9.17) is 4.52 Å². The van der Waals surface area contributed by atoms with Crippen molar-refractivity contribution in [2.24, 2.45) is 0 Å². The van der Waals surface area contributed by atoms with Crippen molar-refractivity contribution in [1.29, 1.82) is 0 Å². The molecule has 0 bridgehead atoms. The lowest BCUT2D eigenvalue weighted by molar-refractivity contribution is 0.358. The van der Waals surface area contributed by atoms with Gasteiger partial charge in [0.15, 0.2) is 5.82 Å². The molecule has 5 nitrogen and oxygen atoms in total. The predicted octanol–water partition coefficient (Wildman–Crippen LogP) is 0.906. The predicted molar refractivity (Wildman–Crippen MR) is 65.9 cm³/mol. The Bertz CT molecular complexity index is 320. The lowest BCUT2D eigenvalue weighted by Gasteiger charge is -2.21. The Kier molecular flexibility index (Phi) is 4.94. The summed E-state index contributed by atoms with van der Waals surface area (Å²) in [6.07, 6.45) is 6.63. The van der Waals surface area contributed by atoms with E-state index in [2.05, 4.69) is 20.8 Å². The van der Waals surface area contributed by atoms with E-state index in [0.29, 0.717) is 6.04 Å². The van der Waals surface area contributed by atoms with E-state index >= 15 is 0 Å². The van der Waals surface area contributed by atoms with Crippen molar-refractivity contribution in [3.05, 3.63) is 11.7 Å². The Morgan fingerprint density at radius 3 is 3.18 bits per heavy atom. The topological polar surface area (TPSA) is 63.0 Å². The van der Waals surface area contributed by atoms with Gasteiger partial charge in [0.25, 0.3) is 0 Å². The summed E-state index contributed by atoms with van der Waals surface area (Å²) in [5, 5.41) is 10.7. The quantitative estimate of drug-likeness (QED) is 0.721. The zero-order valence-electron chi connectivity index (χ0n) is 10.5. The summed E-state index contributed by atoms with van der Waals surface area (Å²) in [4.78, 5) is 4.43. The first kappa shape index (κ1) is 12.5. The lowest BCUT2D eigenvalue weighted by atomic mass is 10.0. The molecule has 2 N–H and O–H groups in total. The van der Waals surface area contributed by atoms with Crippen molar-refractivity contribution in [1.82, 2.24) is 20.8 Å². The van der Waals surface area contributed by atoms with Crippen LogP contribution in [0.25, 0.3) is 0 Å². The van der Waals surface area contributed by atoms with Crippen molar-refractivity contribution in [2.75, 3.05) is 20.1 Å². The molecule has 17 heavy (non-hydrogen) atoms. The second kappa shape index (κ2) is 6.71. The van der Waals surface area contributed by atoms with Gasteiger partial charge in [-0.1, -0.05) is 11.6 Å². The van der Waals surface area contributed by atoms with Crippen molar-refractivity contribution in [3.63, 3.8) is 0 Å². The fraction of sp³-hybridized carbons (Fsp3) is 0.833. The van der Waals surface area contributed by atoms with Gasteiger partial charge in [-0.25, -0.2) is 0 Å². The summed E-state index contributed by atoms with van der Waals surface area (Å²) in [5.74, 6) is 1.62. The molecule has 2 heterocycles. The van der Waals surface area contributed by atoms with E-state index in [1.54, 1.807) is 0 Å². The molecule has 1 saturated heterocycles. The Morgan fingerprint density at radius 1 is 1.47 bits per heavy atom. The molecule has 1 fully saturated rings. The van der Waals surface area contributed by atoms with Crippen LogP contribution in [-0.2, 0) is 12.8 Å². The average molecular weight is 238 g/mol. The normalized spacial score (nSPS) is 20.6. The summed E-state index contributed by atoms with van der Waals surface area (Å²) in [6.45, 7) is 2.11. The van der Waals surface area contributed by atoms with E-state index in [-0.39, 0.29) is 0 Å². The Hall–Kier alpha value is -0.940. The molecule has 1 atom stereocenters. The molecule has 1 aliphatic heterocycles. The highest BCUT2D eigenvalue weighted by molar-refractivity contribution is 4.91. The second-order valence-corrected chi connectivity index (χ2v) is 4.66. The minimum Gasteiger partial charge on any atom is -0.339 e. The van der Waals surface area contributed by atoms with Gasteiger partial charge in [0.05, 0.1) is 0 Å². The van der Waals surface area contributed by atoms with Gasteiger partial charge in [-0.05, 0) is 39.4 Å².